The number of ether oxygens (including phenoxy) is 1. The molecule has 180 valence electrons. The van der Waals surface area contributed by atoms with Crippen LogP contribution in [-0.2, 0) is 4.79 Å². The second-order valence-electron chi connectivity index (χ2n) is 11.4. The van der Waals surface area contributed by atoms with Gasteiger partial charge in [-0.3, -0.25) is 4.79 Å². The van der Waals surface area contributed by atoms with Crippen LogP contribution >= 0.6 is 22.5 Å². The van der Waals surface area contributed by atoms with Crippen molar-refractivity contribution >= 4 is 28.2 Å². The van der Waals surface area contributed by atoms with Gasteiger partial charge in [0.05, 0.1) is 12.7 Å². The highest BCUT2D eigenvalue weighted by Gasteiger charge is 2.62. The third kappa shape index (κ3) is 4.10. The Hall–Kier alpha value is -0.910. The fourth-order valence-electron chi connectivity index (χ4n) is 8.17. The summed E-state index contributed by atoms with van der Waals surface area (Å²) in [6.07, 6.45) is 9.78. The van der Waals surface area contributed by atoms with Crippen molar-refractivity contribution in [1.29, 1.82) is 0 Å². The van der Waals surface area contributed by atoms with E-state index in [4.69, 9.17) is 4.74 Å². The number of hydrogen-bond donors (Lipinski definition) is 2. The van der Waals surface area contributed by atoms with Crippen LogP contribution in [0.4, 0.5) is 0 Å². The predicted octanol–water partition coefficient (Wildman–Crippen LogP) is 6.62. The van der Waals surface area contributed by atoms with Gasteiger partial charge in [-0.05, 0) is 103 Å². The van der Waals surface area contributed by atoms with Gasteiger partial charge in [-0.2, -0.15) is 0 Å². The molecule has 0 saturated heterocycles. The molecule has 33 heavy (non-hydrogen) atoms. The summed E-state index contributed by atoms with van der Waals surface area (Å²) in [4.78, 5) is 12.3. The summed E-state index contributed by atoms with van der Waals surface area (Å²) in [6, 6.07) is 8.80. The van der Waals surface area contributed by atoms with Crippen molar-refractivity contribution < 1.29 is 14.6 Å². The summed E-state index contributed by atoms with van der Waals surface area (Å²) in [5, 5.41) is 11.1. The lowest BCUT2D eigenvalue weighted by molar-refractivity contribution is -0.118. The lowest BCUT2D eigenvalue weighted by Crippen LogP contribution is -2.54. The molecule has 4 aliphatic carbocycles. The van der Waals surface area contributed by atoms with Crippen molar-refractivity contribution in [2.24, 2.45) is 28.6 Å². The van der Waals surface area contributed by atoms with E-state index >= 15 is 0 Å². The Bertz CT molecular complexity index is 912. The maximum absolute atomic E-state index is 12.3. The van der Waals surface area contributed by atoms with Crippen molar-refractivity contribution in [3.63, 3.8) is 0 Å². The molecule has 0 radical (unpaired) electrons. The summed E-state index contributed by atoms with van der Waals surface area (Å²) in [5.74, 6) is 4.39. The number of allylic oxidation sites excluding steroid dienone is 1. The van der Waals surface area contributed by atoms with Crippen LogP contribution in [0.15, 0.2) is 35.9 Å². The number of carbonyl (C=O) groups is 1. The second kappa shape index (κ2) is 9.28. The Balaban J connectivity index is 1.48. The molecule has 0 aromatic heterocycles. The average Bonchev–Trinajstić information content (AvgIpc) is 3.11. The minimum atomic E-state index is -0.198. The van der Waals surface area contributed by atoms with Gasteiger partial charge < -0.3 is 9.84 Å². The first kappa shape index (κ1) is 23.8. The molecule has 0 heterocycles. The van der Waals surface area contributed by atoms with E-state index in [0.29, 0.717) is 42.5 Å². The zero-order chi connectivity index (χ0) is 23.2. The molecule has 0 spiro atoms. The number of aliphatic hydroxyl groups excluding tert-OH is 1. The van der Waals surface area contributed by atoms with Crippen LogP contribution < -0.4 is 4.74 Å². The SMILES string of the molecule is CC12CCC(=O)C=C1CCC1C2C(c2ccc(OCCCSS)cc2)CC2(C)C(O)CCC12. The summed E-state index contributed by atoms with van der Waals surface area (Å²) in [6.45, 7) is 5.51. The largest absolute Gasteiger partial charge is 0.494 e. The predicted molar refractivity (Wildman–Crippen MR) is 139 cm³/mol. The average molecular weight is 487 g/mol. The van der Waals surface area contributed by atoms with Crippen LogP contribution in [0.3, 0.4) is 0 Å². The van der Waals surface area contributed by atoms with E-state index < -0.39 is 0 Å². The van der Waals surface area contributed by atoms with Crippen molar-refractivity contribution in [3.05, 3.63) is 41.5 Å². The highest BCUT2D eigenvalue weighted by molar-refractivity contribution is 8.68. The smallest absolute Gasteiger partial charge is 0.155 e. The molecule has 7 unspecified atom stereocenters. The van der Waals surface area contributed by atoms with Gasteiger partial charge in [0.1, 0.15) is 5.75 Å². The third-order valence-corrected chi connectivity index (χ3v) is 10.8. The molecule has 0 amide bonds. The molecular formula is C28H38O3S2. The standard InChI is InChI=1S/C28H38O3S2/c1-27-13-12-20(29)16-19(27)6-9-22-24-10-11-25(30)28(24,2)17-23(26(22)27)18-4-7-21(8-5-18)31-14-3-15-33-32/h4-5,7-8,16,22-26,30,32H,3,6,9-15,17H2,1-2H3. The van der Waals surface area contributed by atoms with E-state index in [1.807, 2.05) is 6.08 Å². The quantitative estimate of drug-likeness (QED) is 0.269. The van der Waals surface area contributed by atoms with E-state index in [-0.39, 0.29) is 16.9 Å². The van der Waals surface area contributed by atoms with Gasteiger partial charge in [0, 0.05) is 12.2 Å². The van der Waals surface area contributed by atoms with Crippen LogP contribution in [-0.4, -0.2) is 29.4 Å². The second-order valence-corrected chi connectivity index (χ2v) is 12.8. The van der Waals surface area contributed by atoms with Gasteiger partial charge >= 0.3 is 0 Å². The molecule has 7 atom stereocenters. The molecule has 0 bridgehead atoms. The lowest BCUT2D eigenvalue weighted by atomic mass is 9.44. The number of hydrogen-bond acceptors (Lipinski definition) is 5. The molecular weight excluding hydrogens is 448 g/mol. The molecule has 0 aliphatic heterocycles. The minimum absolute atomic E-state index is 0.00635. The highest BCUT2D eigenvalue weighted by atomic mass is 33.1. The van der Waals surface area contributed by atoms with Gasteiger partial charge in [-0.15, -0.1) is 11.7 Å². The Morgan fingerprint density at radius 1 is 1.15 bits per heavy atom. The Kier molecular flexibility index (Phi) is 6.69. The van der Waals surface area contributed by atoms with E-state index in [9.17, 15) is 9.90 Å². The topological polar surface area (TPSA) is 46.5 Å². The number of carbonyl (C=O) groups excluding carboxylic acids is 1. The van der Waals surface area contributed by atoms with Gasteiger partial charge in [0.15, 0.2) is 5.78 Å². The zero-order valence-corrected chi connectivity index (χ0v) is 21.7. The molecule has 3 nitrogen and oxygen atoms in total. The molecule has 3 fully saturated rings. The third-order valence-electron chi connectivity index (χ3n) is 9.83. The minimum Gasteiger partial charge on any atom is -0.494 e. The van der Waals surface area contributed by atoms with Crippen LogP contribution in [0.1, 0.15) is 76.7 Å². The lowest BCUT2D eigenvalue weighted by Gasteiger charge is -2.61. The number of rotatable bonds is 6. The van der Waals surface area contributed by atoms with Crippen LogP contribution in [0.25, 0.3) is 0 Å². The number of thiol groups is 1. The molecule has 5 rings (SSSR count). The van der Waals surface area contributed by atoms with Crippen molar-refractivity contribution in [2.45, 2.75) is 77.2 Å². The van der Waals surface area contributed by atoms with Gasteiger partial charge in [0.2, 0.25) is 0 Å². The van der Waals surface area contributed by atoms with Crippen molar-refractivity contribution in [2.75, 3.05) is 12.4 Å². The fraction of sp³-hybridized carbons (Fsp3) is 0.679. The molecule has 1 aromatic rings. The first-order valence-corrected chi connectivity index (χ1v) is 14.8. The van der Waals surface area contributed by atoms with E-state index in [2.05, 4.69) is 49.8 Å². The van der Waals surface area contributed by atoms with Crippen LogP contribution in [0.5, 0.6) is 5.75 Å². The van der Waals surface area contributed by atoms with Crippen molar-refractivity contribution in [1.82, 2.24) is 0 Å². The first-order valence-electron chi connectivity index (χ1n) is 12.8. The zero-order valence-electron chi connectivity index (χ0n) is 20.0. The maximum atomic E-state index is 12.3. The normalized spacial score (nSPS) is 39.9. The molecule has 1 N–H and O–H groups in total. The summed E-state index contributed by atoms with van der Waals surface area (Å²) >= 11 is 4.19. The summed E-state index contributed by atoms with van der Waals surface area (Å²) in [7, 11) is 1.55. The summed E-state index contributed by atoms with van der Waals surface area (Å²) < 4.78 is 5.95. The van der Waals surface area contributed by atoms with Crippen LogP contribution in [0, 0.1) is 28.6 Å². The summed E-state index contributed by atoms with van der Waals surface area (Å²) in [5.41, 5.74) is 2.86. The fourth-order valence-corrected chi connectivity index (χ4v) is 8.80. The Morgan fingerprint density at radius 3 is 2.70 bits per heavy atom. The van der Waals surface area contributed by atoms with E-state index in [0.717, 1.165) is 56.4 Å². The molecule has 4 aliphatic rings. The molecule has 5 heteroatoms. The molecule has 3 saturated carbocycles. The monoisotopic (exact) mass is 486 g/mol. The Morgan fingerprint density at radius 2 is 1.94 bits per heavy atom. The van der Waals surface area contributed by atoms with Crippen molar-refractivity contribution in [3.8, 4) is 5.75 Å². The number of ketones is 1. The number of benzene rings is 1. The van der Waals surface area contributed by atoms with Gasteiger partial charge in [0.25, 0.3) is 0 Å². The maximum Gasteiger partial charge on any atom is 0.155 e. The van der Waals surface area contributed by atoms with Gasteiger partial charge in [-0.1, -0.05) is 42.3 Å². The van der Waals surface area contributed by atoms with E-state index in [1.54, 1.807) is 10.8 Å². The highest BCUT2D eigenvalue weighted by Crippen LogP contribution is 2.68. The van der Waals surface area contributed by atoms with E-state index in [1.165, 1.54) is 11.1 Å². The first-order chi connectivity index (χ1) is 15.9. The number of aliphatic hydroxyl groups is 1. The Labute approximate surface area is 207 Å². The molecule has 1 aromatic carbocycles. The van der Waals surface area contributed by atoms with Gasteiger partial charge in [-0.25, -0.2) is 0 Å². The van der Waals surface area contributed by atoms with Crippen LogP contribution in [0.2, 0.25) is 0 Å². The number of fused-ring (bicyclic) bond motifs is 5.